The van der Waals surface area contributed by atoms with Crippen molar-refractivity contribution in [1.29, 1.82) is 0 Å². The summed E-state index contributed by atoms with van der Waals surface area (Å²) in [5, 5.41) is 22.0. The molecule has 0 saturated heterocycles. The van der Waals surface area contributed by atoms with E-state index in [1.165, 1.54) is 0 Å². The van der Waals surface area contributed by atoms with E-state index < -0.39 is 24.7 Å². The van der Waals surface area contributed by atoms with Crippen LogP contribution in [-0.2, 0) is 4.79 Å². The van der Waals surface area contributed by atoms with Gasteiger partial charge in [0.25, 0.3) is 0 Å². The number of para-hydroxylation sites is 1. The topological polar surface area (TPSA) is 136 Å². The molecule has 1 amide bonds. The Bertz CT molecular complexity index is 1080. The lowest BCUT2D eigenvalue weighted by Gasteiger charge is -2.34. The van der Waals surface area contributed by atoms with Gasteiger partial charge in [0.15, 0.2) is 0 Å². The third kappa shape index (κ3) is 6.55. The van der Waals surface area contributed by atoms with Crippen molar-refractivity contribution in [3.63, 3.8) is 0 Å². The molecule has 0 fully saturated rings. The number of allylic oxidation sites excluding steroid dienone is 3. The summed E-state index contributed by atoms with van der Waals surface area (Å²) < 4.78 is 14.1. The number of aliphatic hydroxyl groups excluding tert-OH is 1. The summed E-state index contributed by atoms with van der Waals surface area (Å²) >= 11 is 0. The summed E-state index contributed by atoms with van der Waals surface area (Å²) in [6.07, 6.45) is 9.21. The number of halogens is 1. The van der Waals surface area contributed by atoms with Gasteiger partial charge in [0.05, 0.1) is 6.04 Å². The quantitative estimate of drug-likeness (QED) is 0.318. The van der Waals surface area contributed by atoms with Gasteiger partial charge in [-0.3, -0.25) is 9.79 Å². The molecule has 4 rings (SSSR count). The number of rotatable bonds is 9. The molecule has 2 aliphatic heterocycles. The van der Waals surface area contributed by atoms with Crippen LogP contribution >= 0.6 is 0 Å². The minimum absolute atomic E-state index is 0.192. The standard InChI is InChI=1S/C25H32FN7O2/c26-19-7-3-1-5-16(19)14-29-20-8-4-2-6-18(20)24(27)25-32-21(30-17-9-11-28-12-10-17)13-22(33-25)31-23(35)15-34/h2,4-9,11,21-22,24,29-30,34H,1,3,10,12-15,27H2,(H,31,35)(H,32,33). The highest BCUT2D eigenvalue weighted by Gasteiger charge is 2.29. The Morgan fingerprint density at radius 3 is 2.89 bits per heavy atom. The Hall–Kier alpha value is -3.50. The SMILES string of the molecule is NC(C1=NC(NC(=O)CO)CC(NC2=CC=NCC2)N1)c1ccccc1NCC1=CCCC=C1F. The highest BCUT2D eigenvalue weighted by molar-refractivity contribution is 5.91. The molecular formula is C25H32FN7O2. The van der Waals surface area contributed by atoms with Crippen LogP contribution in [0, 0.1) is 0 Å². The minimum atomic E-state index is -0.626. The number of carbonyl (C=O) groups is 1. The summed E-state index contributed by atoms with van der Waals surface area (Å²) in [4.78, 5) is 20.7. The summed E-state index contributed by atoms with van der Waals surface area (Å²) in [6, 6.07) is 6.95. The number of dihydropyridines is 1. The number of hydrogen-bond acceptors (Lipinski definition) is 8. The summed E-state index contributed by atoms with van der Waals surface area (Å²) in [7, 11) is 0. The molecule has 2 heterocycles. The molecule has 3 atom stereocenters. The molecule has 1 aromatic rings. The van der Waals surface area contributed by atoms with Crippen molar-refractivity contribution in [2.24, 2.45) is 15.7 Å². The van der Waals surface area contributed by atoms with Crippen LogP contribution in [0.25, 0.3) is 0 Å². The van der Waals surface area contributed by atoms with Crippen LogP contribution < -0.4 is 27.0 Å². The van der Waals surface area contributed by atoms with E-state index in [-0.39, 0.29) is 12.0 Å². The molecule has 186 valence electrons. The molecule has 1 aliphatic carbocycles. The zero-order chi connectivity index (χ0) is 24.6. The molecule has 0 saturated carbocycles. The first-order chi connectivity index (χ1) is 17.0. The number of nitrogens with two attached hydrogens (primary N) is 1. The Balaban J connectivity index is 1.52. The Morgan fingerprint density at radius 2 is 2.11 bits per heavy atom. The average molecular weight is 482 g/mol. The lowest BCUT2D eigenvalue weighted by Crippen LogP contribution is -2.56. The van der Waals surface area contributed by atoms with Gasteiger partial charge in [-0.1, -0.05) is 24.3 Å². The van der Waals surface area contributed by atoms with Crippen LogP contribution in [0.4, 0.5) is 10.1 Å². The second kappa shape index (κ2) is 11.8. The van der Waals surface area contributed by atoms with Crippen molar-refractivity contribution >= 4 is 23.6 Å². The fraction of sp³-hybridized carbons (Fsp3) is 0.400. The normalized spacial score (nSPS) is 22.6. The molecular weight excluding hydrogens is 449 g/mol. The van der Waals surface area contributed by atoms with Crippen molar-refractivity contribution in [1.82, 2.24) is 16.0 Å². The van der Waals surface area contributed by atoms with Gasteiger partial charge in [-0.2, -0.15) is 0 Å². The Morgan fingerprint density at radius 1 is 1.29 bits per heavy atom. The monoisotopic (exact) mass is 481 g/mol. The van der Waals surface area contributed by atoms with Crippen LogP contribution in [-0.4, -0.2) is 55.1 Å². The van der Waals surface area contributed by atoms with E-state index in [0.29, 0.717) is 30.9 Å². The molecule has 3 unspecified atom stereocenters. The summed E-state index contributed by atoms with van der Waals surface area (Å²) in [5.41, 5.74) is 9.89. The van der Waals surface area contributed by atoms with E-state index in [2.05, 4.69) is 31.3 Å². The average Bonchev–Trinajstić information content (AvgIpc) is 2.88. The van der Waals surface area contributed by atoms with E-state index in [9.17, 15) is 14.3 Å². The van der Waals surface area contributed by atoms with Gasteiger partial charge in [-0.25, -0.2) is 9.38 Å². The van der Waals surface area contributed by atoms with E-state index in [4.69, 9.17) is 5.73 Å². The zero-order valence-electron chi connectivity index (χ0n) is 19.5. The summed E-state index contributed by atoms with van der Waals surface area (Å²) in [5.74, 6) is -0.198. The van der Waals surface area contributed by atoms with Crippen molar-refractivity contribution in [2.45, 2.75) is 44.1 Å². The van der Waals surface area contributed by atoms with Crippen molar-refractivity contribution in [2.75, 3.05) is 25.0 Å². The van der Waals surface area contributed by atoms with Crippen LogP contribution in [0.15, 0.2) is 69.6 Å². The van der Waals surface area contributed by atoms with Crippen molar-refractivity contribution < 1.29 is 14.3 Å². The number of nitrogens with zero attached hydrogens (tertiary/aromatic N) is 2. The fourth-order valence-electron chi connectivity index (χ4n) is 4.26. The lowest BCUT2D eigenvalue weighted by atomic mass is 10.0. The lowest BCUT2D eigenvalue weighted by molar-refractivity contribution is -0.124. The van der Waals surface area contributed by atoms with Crippen molar-refractivity contribution in [3.05, 3.63) is 65.2 Å². The van der Waals surface area contributed by atoms with E-state index in [1.807, 2.05) is 36.4 Å². The first kappa shape index (κ1) is 24.6. The molecule has 9 nitrogen and oxygen atoms in total. The molecule has 0 aromatic heterocycles. The fourth-order valence-corrected chi connectivity index (χ4v) is 4.26. The van der Waals surface area contributed by atoms with Crippen LogP contribution in [0.3, 0.4) is 0 Å². The minimum Gasteiger partial charge on any atom is -0.387 e. The number of benzene rings is 1. The number of hydrogen-bond donors (Lipinski definition) is 6. The number of nitrogens with one attached hydrogen (secondary N) is 4. The third-order valence-corrected chi connectivity index (χ3v) is 6.05. The number of aliphatic imine (C=N–C) groups is 2. The molecule has 7 N–H and O–H groups in total. The van der Waals surface area contributed by atoms with E-state index >= 15 is 0 Å². The predicted octanol–water partition coefficient (Wildman–Crippen LogP) is 1.77. The second-order valence-electron chi connectivity index (χ2n) is 8.61. The van der Waals surface area contributed by atoms with Gasteiger partial charge in [0, 0.05) is 49.1 Å². The van der Waals surface area contributed by atoms with Crippen LogP contribution in [0.5, 0.6) is 0 Å². The maximum absolute atomic E-state index is 14.1. The number of carbonyl (C=O) groups excluding carboxylic acids is 1. The Kier molecular flexibility index (Phi) is 8.27. The highest BCUT2D eigenvalue weighted by Crippen LogP contribution is 2.26. The smallest absolute Gasteiger partial charge is 0.247 e. The number of amidine groups is 1. The maximum Gasteiger partial charge on any atom is 0.247 e. The van der Waals surface area contributed by atoms with E-state index in [1.54, 1.807) is 12.3 Å². The zero-order valence-corrected chi connectivity index (χ0v) is 19.5. The third-order valence-electron chi connectivity index (χ3n) is 6.05. The Labute approximate surface area is 204 Å². The first-order valence-electron chi connectivity index (χ1n) is 11.9. The van der Waals surface area contributed by atoms with Gasteiger partial charge in [0.1, 0.15) is 30.6 Å². The van der Waals surface area contributed by atoms with Crippen molar-refractivity contribution in [3.8, 4) is 0 Å². The molecule has 10 heteroatoms. The first-order valence-corrected chi connectivity index (χ1v) is 11.9. The number of anilines is 1. The molecule has 3 aliphatic rings. The van der Waals surface area contributed by atoms with Gasteiger partial charge in [-0.05, 0) is 36.6 Å². The number of amides is 1. The predicted molar refractivity (Wildman–Crippen MR) is 136 cm³/mol. The molecule has 0 bridgehead atoms. The van der Waals surface area contributed by atoms with Crippen LogP contribution in [0.1, 0.15) is 37.3 Å². The largest absolute Gasteiger partial charge is 0.387 e. The van der Waals surface area contributed by atoms with Gasteiger partial charge in [0.2, 0.25) is 5.91 Å². The van der Waals surface area contributed by atoms with Gasteiger partial charge < -0.3 is 32.1 Å². The molecule has 35 heavy (non-hydrogen) atoms. The molecule has 0 radical (unpaired) electrons. The number of aliphatic hydroxyl groups is 1. The highest BCUT2D eigenvalue weighted by atomic mass is 19.1. The molecule has 0 spiro atoms. The van der Waals surface area contributed by atoms with Gasteiger partial charge >= 0.3 is 0 Å². The van der Waals surface area contributed by atoms with Gasteiger partial charge in [-0.15, -0.1) is 0 Å². The summed E-state index contributed by atoms with van der Waals surface area (Å²) in [6.45, 7) is 0.442. The second-order valence-corrected chi connectivity index (χ2v) is 8.61. The molecule has 1 aromatic carbocycles. The van der Waals surface area contributed by atoms with Crippen LogP contribution in [0.2, 0.25) is 0 Å². The van der Waals surface area contributed by atoms with E-state index in [0.717, 1.165) is 36.2 Å². The maximum atomic E-state index is 14.1.